The van der Waals surface area contributed by atoms with E-state index < -0.39 is 29.6 Å². The average Bonchev–Trinajstić information content (AvgIpc) is 2.67. The van der Waals surface area contributed by atoms with Crippen LogP contribution in [0.5, 0.6) is 0 Å². The Balaban J connectivity index is 1.69. The second-order valence-corrected chi connectivity index (χ2v) is 6.55. The smallest absolute Gasteiger partial charge is 0.335 e. The molecule has 6 nitrogen and oxygen atoms in total. The predicted octanol–water partition coefficient (Wildman–Crippen LogP) is 2.58. The van der Waals surface area contributed by atoms with Crippen molar-refractivity contribution in [1.82, 2.24) is 10.2 Å². The van der Waals surface area contributed by atoms with Gasteiger partial charge in [0.2, 0.25) is 5.91 Å². The van der Waals surface area contributed by atoms with E-state index in [1.165, 1.54) is 35.2 Å². The highest BCUT2D eigenvalue weighted by molar-refractivity contribution is 5.99. The fraction of sp³-hybridized carbons (Fsp3) is 0.250. The van der Waals surface area contributed by atoms with Gasteiger partial charge in [0.05, 0.1) is 5.56 Å². The summed E-state index contributed by atoms with van der Waals surface area (Å²) in [7, 11) is 0. The fourth-order valence-corrected chi connectivity index (χ4v) is 3.12. The minimum Gasteiger partial charge on any atom is -0.478 e. The first-order valence-corrected chi connectivity index (χ1v) is 8.72. The molecule has 2 amide bonds. The molecule has 2 aromatic rings. The van der Waals surface area contributed by atoms with Gasteiger partial charge in [-0.15, -0.1) is 0 Å². The second kappa shape index (κ2) is 8.16. The van der Waals surface area contributed by atoms with Gasteiger partial charge in [0, 0.05) is 30.3 Å². The Bertz CT molecular complexity index is 932. The third-order valence-corrected chi connectivity index (χ3v) is 4.58. The van der Waals surface area contributed by atoms with Crippen LogP contribution in [0.2, 0.25) is 0 Å². The van der Waals surface area contributed by atoms with E-state index >= 15 is 0 Å². The van der Waals surface area contributed by atoms with Crippen LogP contribution in [0.4, 0.5) is 8.78 Å². The molecule has 0 bridgehead atoms. The molecule has 0 spiro atoms. The van der Waals surface area contributed by atoms with Gasteiger partial charge in [-0.1, -0.05) is 12.1 Å². The van der Waals surface area contributed by atoms with Gasteiger partial charge in [0.1, 0.15) is 17.7 Å². The third-order valence-electron chi connectivity index (χ3n) is 4.58. The van der Waals surface area contributed by atoms with Gasteiger partial charge < -0.3 is 15.3 Å². The number of piperidine rings is 1. The van der Waals surface area contributed by atoms with Crippen molar-refractivity contribution in [3.63, 3.8) is 0 Å². The number of hydrogen-bond donors (Lipinski definition) is 2. The van der Waals surface area contributed by atoms with E-state index in [-0.39, 0.29) is 29.1 Å². The first kappa shape index (κ1) is 19.5. The van der Waals surface area contributed by atoms with Crippen LogP contribution in [0.15, 0.2) is 42.5 Å². The summed E-state index contributed by atoms with van der Waals surface area (Å²) in [5.74, 6) is -3.51. The molecule has 1 heterocycles. The Labute approximate surface area is 159 Å². The number of rotatable bonds is 5. The van der Waals surface area contributed by atoms with Crippen molar-refractivity contribution in [2.75, 3.05) is 6.54 Å². The van der Waals surface area contributed by atoms with E-state index in [9.17, 15) is 23.2 Å². The maximum absolute atomic E-state index is 13.9. The van der Waals surface area contributed by atoms with Crippen molar-refractivity contribution in [1.29, 1.82) is 0 Å². The van der Waals surface area contributed by atoms with Gasteiger partial charge in [-0.25, -0.2) is 13.6 Å². The highest BCUT2D eigenvalue weighted by Crippen LogP contribution is 2.18. The number of likely N-dealkylation sites (tertiary alicyclic amines) is 1. The zero-order chi connectivity index (χ0) is 20.3. The number of carbonyl (C=O) groups excluding carboxylic acids is 2. The summed E-state index contributed by atoms with van der Waals surface area (Å²) in [4.78, 5) is 37.5. The van der Waals surface area contributed by atoms with Crippen molar-refractivity contribution in [3.05, 3.63) is 70.8 Å². The Kier molecular flexibility index (Phi) is 5.67. The Hall–Kier alpha value is -3.29. The molecule has 1 fully saturated rings. The molecule has 1 aliphatic heterocycles. The van der Waals surface area contributed by atoms with Crippen LogP contribution in [0, 0.1) is 11.6 Å². The van der Waals surface area contributed by atoms with E-state index in [4.69, 9.17) is 5.11 Å². The van der Waals surface area contributed by atoms with Gasteiger partial charge in [-0.05, 0) is 37.1 Å². The molecule has 0 aromatic heterocycles. The van der Waals surface area contributed by atoms with Crippen LogP contribution >= 0.6 is 0 Å². The Morgan fingerprint density at radius 2 is 1.89 bits per heavy atom. The standard InChI is InChI=1S/C20H18F2N2O4/c21-15-7-6-14(16(22)10-15)11-24-8-2-5-17(19(24)26)23-18(25)12-3-1-4-13(9-12)20(27)28/h1,3-4,6-7,9-10,17H,2,5,8,11H2,(H,23,25)(H,27,28). The average molecular weight is 388 g/mol. The van der Waals surface area contributed by atoms with E-state index in [0.717, 1.165) is 12.1 Å². The summed E-state index contributed by atoms with van der Waals surface area (Å²) in [5.41, 5.74) is 0.293. The number of nitrogens with zero attached hydrogens (tertiary/aromatic N) is 1. The van der Waals surface area contributed by atoms with E-state index in [1.54, 1.807) is 0 Å². The minimum absolute atomic E-state index is 0.0220. The Morgan fingerprint density at radius 1 is 1.14 bits per heavy atom. The first-order valence-electron chi connectivity index (χ1n) is 8.72. The summed E-state index contributed by atoms with van der Waals surface area (Å²) in [6.07, 6.45) is 1.03. The Morgan fingerprint density at radius 3 is 2.61 bits per heavy atom. The molecular formula is C20H18F2N2O4. The number of carboxylic acid groups (broad SMARTS) is 1. The van der Waals surface area contributed by atoms with Crippen molar-refractivity contribution in [2.24, 2.45) is 0 Å². The molecule has 2 aromatic carbocycles. The molecule has 0 aliphatic carbocycles. The highest BCUT2D eigenvalue weighted by atomic mass is 19.1. The SMILES string of the molecule is O=C(O)c1cccc(C(=O)NC2CCCN(Cc3ccc(F)cc3F)C2=O)c1. The van der Waals surface area contributed by atoms with Crippen molar-refractivity contribution in [3.8, 4) is 0 Å². The van der Waals surface area contributed by atoms with Gasteiger partial charge >= 0.3 is 5.97 Å². The van der Waals surface area contributed by atoms with Crippen LogP contribution in [0.3, 0.4) is 0 Å². The lowest BCUT2D eigenvalue weighted by Gasteiger charge is -2.32. The van der Waals surface area contributed by atoms with Gasteiger partial charge in [0.25, 0.3) is 5.91 Å². The zero-order valence-corrected chi connectivity index (χ0v) is 14.8. The normalized spacial score (nSPS) is 16.7. The summed E-state index contributed by atoms with van der Waals surface area (Å²) >= 11 is 0. The number of aromatic carboxylic acids is 1. The minimum atomic E-state index is -1.16. The molecule has 2 N–H and O–H groups in total. The van der Waals surface area contributed by atoms with Crippen LogP contribution < -0.4 is 5.32 Å². The molecule has 0 radical (unpaired) electrons. The maximum Gasteiger partial charge on any atom is 0.335 e. The molecular weight excluding hydrogens is 370 g/mol. The van der Waals surface area contributed by atoms with Gasteiger partial charge in [-0.2, -0.15) is 0 Å². The molecule has 1 atom stereocenters. The molecule has 8 heteroatoms. The largest absolute Gasteiger partial charge is 0.478 e. The molecule has 3 rings (SSSR count). The number of nitrogens with one attached hydrogen (secondary N) is 1. The highest BCUT2D eigenvalue weighted by Gasteiger charge is 2.30. The van der Waals surface area contributed by atoms with E-state index in [2.05, 4.69) is 5.32 Å². The van der Waals surface area contributed by atoms with Crippen LogP contribution in [-0.2, 0) is 11.3 Å². The third kappa shape index (κ3) is 4.33. The number of carbonyl (C=O) groups is 3. The molecule has 146 valence electrons. The number of amides is 2. The lowest BCUT2D eigenvalue weighted by Crippen LogP contribution is -2.52. The number of halogens is 2. The van der Waals surface area contributed by atoms with Crippen LogP contribution in [0.1, 0.15) is 39.1 Å². The van der Waals surface area contributed by atoms with Crippen LogP contribution in [0.25, 0.3) is 0 Å². The topological polar surface area (TPSA) is 86.7 Å². The number of benzene rings is 2. The van der Waals surface area contributed by atoms with Crippen LogP contribution in [-0.4, -0.2) is 40.4 Å². The number of carboxylic acids is 1. The quantitative estimate of drug-likeness (QED) is 0.824. The van der Waals surface area contributed by atoms with Crippen molar-refractivity contribution < 1.29 is 28.3 Å². The predicted molar refractivity (Wildman–Crippen MR) is 95.7 cm³/mol. The van der Waals surface area contributed by atoms with Gasteiger partial charge in [-0.3, -0.25) is 9.59 Å². The zero-order valence-electron chi connectivity index (χ0n) is 14.8. The van der Waals surface area contributed by atoms with Gasteiger partial charge in [0.15, 0.2) is 0 Å². The maximum atomic E-state index is 13.9. The molecule has 1 aliphatic rings. The van der Waals surface area contributed by atoms with Crippen molar-refractivity contribution >= 4 is 17.8 Å². The molecule has 1 unspecified atom stereocenters. The molecule has 1 saturated heterocycles. The lowest BCUT2D eigenvalue weighted by atomic mass is 10.0. The number of hydrogen-bond acceptors (Lipinski definition) is 3. The summed E-state index contributed by atoms with van der Waals surface area (Å²) in [5, 5.41) is 11.6. The monoisotopic (exact) mass is 388 g/mol. The lowest BCUT2D eigenvalue weighted by molar-refractivity contribution is -0.136. The summed E-state index contributed by atoms with van der Waals surface area (Å²) < 4.78 is 26.9. The first-order chi connectivity index (χ1) is 13.3. The fourth-order valence-electron chi connectivity index (χ4n) is 3.12. The van der Waals surface area contributed by atoms with E-state index in [0.29, 0.717) is 19.4 Å². The second-order valence-electron chi connectivity index (χ2n) is 6.55. The van der Waals surface area contributed by atoms with E-state index in [1.807, 2.05) is 0 Å². The molecule has 0 saturated carbocycles. The molecule has 28 heavy (non-hydrogen) atoms. The summed E-state index contributed by atoms with van der Waals surface area (Å²) in [6, 6.07) is 7.89. The van der Waals surface area contributed by atoms with Crippen molar-refractivity contribution in [2.45, 2.75) is 25.4 Å². The summed E-state index contributed by atoms with van der Waals surface area (Å²) in [6.45, 7) is 0.377.